The third-order valence-electron chi connectivity index (χ3n) is 4.76. The maximum Gasteiger partial charge on any atom is 0.328 e. The minimum absolute atomic E-state index is 0.196. The number of anilines is 1. The number of carbonyl (C=O) groups is 1. The van der Waals surface area contributed by atoms with Gasteiger partial charge in [-0.05, 0) is 49.1 Å². The molecular formula is C20H22N4O2. The lowest BCUT2D eigenvalue weighted by Crippen LogP contribution is -2.45. The average Bonchev–Trinajstić information content (AvgIpc) is 3.47. The zero-order valence-electron chi connectivity index (χ0n) is 14.5. The quantitative estimate of drug-likeness (QED) is 0.874. The Balaban J connectivity index is 1.45. The van der Waals surface area contributed by atoms with Crippen LogP contribution in [0.25, 0.3) is 0 Å². The number of benzene rings is 1. The van der Waals surface area contributed by atoms with Crippen LogP contribution in [0.2, 0.25) is 0 Å². The maximum absolute atomic E-state index is 12.6. The van der Waals surface area contributed by atoms with E-state index in [-0.39, 0.29) is 11.9 Å². The molecule has 2 heterocycles. The van der Waals surface area contributed by atoms with Gasteiger partial charge in [0.2, 0.25) is 0 Å². The summed E-state index contributed by atoms with van der Waals surface area (Å²) in [6, 6.07) is 13.2. The van der Waals surface area contributed by atoms with E-state index in [9.17, 15) is 4.79 Å². The average molecular weight is 350 g/mol. The van der Waals surface area contributed by atoms with E-state index in [1.165, 1.54) is 4.90 Å². The Morgan fingerprint density at radius 3 is 2.85 bits per heavy atom. The molecule has 2 fully saturated rings. The van der Waals surface area contributed by atoms with Crippen molar-refractivity contribution in [3.8, 4) is 5.75 Å². The Morgan fingerprint density at radius 1 is 1.19 bits per heavy atom. The van der Waals surface area contributed by atoms with E-state index >= 15 is 0 Å². The van der Waals surface area contributed by atoms with Crippen LogP contribution >= 0.6 is 0 Å². The number of likely N-dealkylation sites (tertiary alicyclic amines) is 1. The molecule has 2 amide bonds. The molecule has 1 aliphatic heterocycles. The lowest BCUT2D eigenvalue weighted by molar-refractivity contribution is 0.226. The molecule has 0 spiro atoms. The molecule has 26 heavy (non-hydrogen) atoms. The van der Waals surface area contributed by atoms with Crippen LogP contribution in [-0.4, -0.2) is 34.4 Å². The van der Waals surface area contributed by atoms with E-state index in [0.717, 1.165) is 30.6 Å². The Hall–Kier alpha value is -2.89. The topological polar surface area (TPSA) is 78.3 Å². The number of carbonyl (C=O) groups excluding carboxylic acids is 1. The number of nitrogens with one attached hydrogen (secondary N) is 2. The summed E-state index contributed by atoms with van der Waals surface area (Å²) in [6.07, 6.45) is 5.70. The molecule has 6 nitrogen and oxygen atoms in total. The second-order valence-electron chi connectivity index (χ2n) is 6.83. The third-order valence-corrected chi connectivity index (χ3v) is 4.76. The number of ether oxygens (including phenoxy) is 1. The number of pyridine rings is 1. The molecule has 1 aromatic carbocycles. The highest BCUT2D eigenvalue weighted by Gasteiger charge is 2.29. The van der Waals surface area contributed by atoms with E-state index in [4.69, 9.17) is 10.1 Å². The maximum atomic E-state index is 12.6. The van der Waals surface area contributed by atoms with Gasteiger partial charge >= 0.3 is 6.03 Å². The molecule has 6 heteroatoms. The van der Waals surface area contributed by atoms with Crippen molar-refractivity contribution in [1.82, 2.24) is 9.88 Å². The molecule has 0 bridgehead atoms. The van der Waals surface area contributed by atoms with Gasteiger partial charge in [0.05, 0.1) is 6.10 Å². The van der Waals surface area contributed by atoms with Gasteiger partial charge in [0, 0.05) is 25.1 Å². The van der Waals surface area contributed by atoms with E-state index < -0.39 is 0 Å². The SMILES string of the molecule is N=C1CCC(c2cccc(OC3CC3)c2)CN1C(=O)Nc1ccccn1. The number of hydrogen-bond donors (Lipinski definition) is 2. The number of amides is 2. The zero-order chi connectivity index (χ0) is 17.9. The molecule has 0 radical (unpaired) electrons. The fraction of sp³-hybridized carbons (Fsp3) is 0.350. The first-order valence-corrected chi connectivity index (χ1v) is 9.02. The van der Waals surface area contributed by atoms with Gasteiger partial charge in [-0.25, -0.2) is 9.78 Å². The molecule has 1 unspecified atom stereocenters. The normalized spacial score (nSPS) is 19.9. The van der Waals surface area contributed by atoms with Crippen LogP contribution in [0.5, 0.6) is 5.75 Å². The second-order valence-corrected chi connectivity index (χ2v) is 6.83. The Labute approximate surface area is 152 Å². The number of urea groups is 1. The highest BCUT2D eigenvalue weighted by atomic mass is 16.5. The van der Waals surface area contributed by atoms with Crippen molar-refractivity contribution < 1.29 is 9.53 Å². The minimum Gasteiger partial charge on any atom is -0.490 e. The zero-order valence-corrected chi connectivity index (χ0v) is 14.5. The van der Waals surface area contributed by atoms with Gasteiger partial charge in [0.1, 0.15) is 17.4 Å². The van der Waals surface area contributed by atoms with Gasteiger partial charge in [-0.15, -0.1) is 0 Å². The van der Waals surface area contributed by atoms with Crippen molar-refractivity contribution in [3.05, 3.63) is 54.2 Å². The Morgan fingerprint density at radius 2 is 2.08 bits per heavy atom. The van der Waals surface area contributed by atoms with E-state index in [1.54, 1.807) is 18.3 Å². The summed E-state index contributed by atoms with van der Waals surface area (Å²) in [6.45, 7) is 0.490. The van der Waals surface area contributed by atoms with Crippen molar-refractivity contribution >= 4 is 17.7 Å². The molecule has 1 aromatic heterocycles. The highest BCUT2D eigenvalue weighted by Crippen LogP contribution is 2.32. The van der Waals surface area contributed by atoms with Gasteiger partial charge in [-0.1, -0.05) is 18.2 Å². The van der Waals surface area contributed by atoms with Crippen LogP contribution < -0.4 is 10.1 Å². The standard InChI is InChI=1S/C20H22N4O2/c21-18-10-7-15(14-4-3-5-17(12-14)26-16-8-9-16)13-24(18)20(25)23-19-6-1-2-11-22-19/h1-6,11-12,15-16,21H,7-10,13H2,(H,22,23,25). The lowest BCUT2D eigenvalue weighted by atomic mass is 9.90. The first kappa shape index (κ1) is 16.6. The predicted octanol–water partition coefficient (Wildman–Crippen LogP) is 4.01. The van der Waals surface area contributed by atoms with E-state index in [2.05, 4.69) is 22.4 Å². The van der Waals surface area contributed by atoms with Crippen molar-refractivity contribution in [2.75, 3.05) is 11.9 Å². The van der Waals surface area contributed by atoms with Gasteiger partial charge in [-0.2, -0.15) is 0 Å². The summed E-state index contributed by atoms with van der Waals surface area (Å²) in [4.78, 5) is 18.2. The largest absolute Gasteiger partial charge is 0.490 e. The number of nitrogens with zero attached hydrogens (tertiary/aromatic N) is 2. The highest BCUT2D eigenvalue weighted by molar-refractivity contribution is 6.02. The number of amidine groups is 1. The summed E-state index contributed by atoms with van der Waals surface area (Å²) in [5, 5.41) is 10.9. The van der Waals surface area contributed by atoms with Crippen molar-refractivity contribution in [3.63, 3.8) is 0 Å². The molecule has 1 atom stereocenters. The first-order valence-electron chi connectivity index (χ1n) is 9.02. The Kier molecular flexibility index (Phi) is 4.56. The number of rotatable bonds is 4. The molecule has 2 N–H and O–H groups in total. The van der Waals surface area contributed by atoms with Crippen molar-refractivity contribution in [2.24, 2.45) is 0 Å². The molecule has 1 saturated carbocycles. The third kappa shape index (κ3) is 3.85. The summed E-state index contributed by atoms with van der Waals surface area (Å²) in [5.41, 5.74) is 1.16. The predicted molar refractivity (Wildman–Crippen MR) is 99.8 cm³/mol. The smallest absolute Gasteiger partial charge is 0.328 e. The lowest BCUT2D eigenvalue weighted by Gasteiger charge is -2.33. The van der Waals surface area contributed by atoms with Gasteiger partial charge in [0.15, 0.2) is 0 Å². The Bertz CT molecular complexity index is 804. The van der Waals surface area contributed by atoms with E-state index in [0.29, 0.717) is 30.7 Å². The summed E-state index contributed by atoms with van der Waals surface area (Å²) in [5.74, 6) is 1.93. The molecular weight excluding hydrogens is 328 g/mol. The molecule has 1 saturated heterocycles. The first-order chi connectivity index (χ1) is 12.7. The van der Waals surface area contributed by atoms with Crippen LogP contribution in [-0.2, 0) is 0 Å². The van der Waals surface area contributed by atoms with Crippen LogP contribution in [0, 0.1) is 5.41 Å². The fourth-order valence-electron chi connectivity index (χ4n) is 3.18. The summed E-state index contributed by atoms with van der Waals surface area (Å²) in [7, 11) is 0. The number of piperidine rings is 1. The number of hydrogen-bond acceptors (Lipinski definition) is 4. The van der Waals surface area contributed by atoms with Crippen molar-refractivity contribution in [2.45, 2.75) is 37.7 Å². The molecule has 4 rings (SSSR count). The fourth-order valence-corrected chi connectivity index (χ4v) is 3.18. The van der Waals surface area contributed by atoms with Crippen LogP contribution in [0.4, 0.5) is 10.6 Å². The van der Waals surface area contributed by atoms with Gasteiger partial charge < -0.3 is 4.74 Å². The second kappa shape index (κ2) is 7.15. The molecule has 2 aromatic rings. The summed E-state index contributed by atoms with van der Waals surface area (Å²) < 4.78 is 5.89. The monoisotopic (exact) mass is 350 g/mol. The van der Waals surface area contributed by atoms with Crippen molar-refractivity contribution in [1.29, 1.82) is 5.41 Å². The molecule has 1 aliphatic carbocycles. The molecule has 2 aliphatic rings. The molecule has 134 valence electrons. The van der Waals surface area contributed by atoms with Gasteiger partial charge in [0.25, 0.3) is 0 Å². The van der Waals surface area contributed by atoms with Crippen LogP contribution in [0.1, 0.15) is 37.2 Å². The van der Waals surface area contributed by atoms with Gasteiger partial charge in [-0.3, -0.25) is 15.6 Å². The van der Waals surface area contributed by atoms with Crippen LogP contribution in [0.15, 0.2) is 48.7 Å². The summed E-state index contributed by atoms with van der Waals surface area (Å²) >= 11 is 0. The van der Waals surface area contributed by atoms with E-state index in [1.807, 2.05) is 18.2 Å². The number of aromatic nitrogens is 1. The minimum atomic E-state index is -0.302. The van der Waals surface area contributed by atoms with Crippen LogP contribution in [0.3, 0.4) is 0 Å².